The van der Waals surface area contributed by atoms with E-state index in [1.165, 1.54) is 31.8 Å². The van der Waals surface area contributed by atoms with Gasteiger partial charge in [0.2, 0.25) is 5.95 Å². The van der Waals surface area contributed by atoms with Gasteiger partial charge in [-0.3, -0.25) is 18.5 Å². The molecular weight excluding hydrogens is 433 g/mol. The summed E-state index contributed by atoms with van der Waals surface area (Å²) in [4.78, 5) is 30.5. The van der Waals surface area contributed by atoms with Crippen molar-refractivity contribution in [2.75, 3.05) is 5.73 Å². The van der Waals surface area contributed by atoms with Crippen LogP contribution in [0.5, 0.6) is 0 Å². The van der Waals surface area contributed by atoms with Crippen LogP contribution in [0.15, 0.2) is 11.1 Å². The molecule has 3 heterocycles. The smallest absolute Gasteiger partial charge is 0.359 e. The predicted molar refractivity (Wildman–Crippen MR) is 109 cm³/mol. The van der Waals surface area contributed by atoms with E-state index in [2.05, 4.69) is 9.97 Å². The first-order valence-electron chi connectivity index (χ1n) is 9.75. The fourth-order valence-electron chi connectivity index (χ4n) is 3.33. The Labute approximate surface area is 177 Å². The second kappa shape index (κ2) is 8.24. The summed E-state index contributed by atoms with van der Waals surface area (Å²) in [6.45, 7) is 4.24. The van der Waals surface area contributed by atoms with Crippen LogP contribution in [0.3, 0.4) is 0 Å². The molecule has 0 radical (unpaired) electrons. The van der Waals surface area contributed by atoms with Crippen molar-refractivity contribution in [3.05, 3.63) is 16.7 Å². The van der Waals surface area contributed by atoms with Gasteiger partial charge in [0.1, 0.15) is 12.2 Å². The lowest BCUT2D eigenvalue weighted by Gasteiger charge is -2.30. The van der Waals surface area contributed by atoms with Crippen LogP contribution >= 0.6 is 7.60 Å². The molecule has 0 spiro atoms. The lowest BCUT2D eigenvalue weighted by molar-refractivity contribution is -0.0471. The highest BCUT2D eigenvalue weighted by molar-refractivity contribution is 7.54. The molecular formula is C17H28N5O8P. The number of nitrogens with two attached hydrogens (primary N) is 1. The zero-order chi connectivity index (χ0) is 23.3. The Kier molecular flexibility index (Phi) is 6.33. The molecule has 1 saturated heterocycles. The molecule has 0 amide bonds. The molecule has 0 aromatic carbocycles. The highest BCUT2D eigenvalue weighted by atomic mass is 31.2. The van der Waals surface area contributed by atoms with E-state index in [9.17, 15) is 29.6 Å². The molecule has 3 rings (SSSR count). The van der Waals surface area contributed by atoms with E-state index in [0.717, 1.165) is 4.57 Å². The van der Waals surface area contributed by atoms with Crippen molar-refractivity contribution in [1.82, 2.24) is 19.1 Å². The van der Waals surface area contributed by atoms with Gasteiger partial charge >= 0.3 is 7.60 Å². The maximum absolute atomic E-state index is 12.4. The average Bonchev–Trinajstić information content (AvgIpc) is 3.21. The number of fused-ring (bicyclic) bond motifs is 1. The van der Waals surface area contributed by atoms with Crippen LogP contribution in [0.25, 0.3) is 11.2 Å². The van der Waals surface area contributed by atoms with E-state index >= 15 is 0 Å². The first-order chi connectivity index (χ1) is 14.3. The van der Waals surface area contributed by atoms with Gasteiger partial charge in [-0.2, -0.15) is 4.98 Å². The molecule has 1 aliphatic rings. The van der Waals surface area contributed by atoms with E-state index in [1.807, 2.05) is 0 Å². The highest BCUT2D eigenvalue weighted by Crippen LogP contribution is 2.56. The Morgan fingerprint density at radius 3 is 2.68 bits per heavy atom. The Morgan fingerprint density at radius 2 is 2.06 bits per heavy atom. The van der Waals surface area contributed by atoms with Gasteiger partial charge in [0, 0.05) is 13.5 Å². The molecule has 14 heteroatoms. The zero-order valence-corrected chi connectivity index (χ0v) is 18.5. The summed E-state index contributed by atoms with van der Waals surface area (Å²) in [5.41, 5.74) is 5.37. The molecule has 7 atom stereocenters. The van der Waals surface area contributed by atoms with Gasteiger partial charge in [-0.1, -0.05) is 6.92 Å². The quantitative estimate of drug-likeness (QED) is 0.331. The van der Waals surface area contributed by atoms with Crippen LogP contribution in [0.2, 0.25) is 0 Å². The number of nitrogen functional groups attached to an aromatic ring is 1. The molecule has 0 bridgehead atoms. The maximum Gasteiger partial charge on any atom is 0.359 e. The largest absolute Gasteiger partial charge is 0.388 e. The van der Waals surface area contributed by atoms with E-state index < -0.39 is 49.1 Å². The molecule has 31 heavy (non-hydrogen) atoms. The first-order valence-corrected chi connectivity index (χ1v) is 11.3. The van der Waals surface area contributed by atoms with Gasteiger partial charge in [0.25, 0.3) is 5.56 Å². The van der Waals surface area contributed by atoms with Gasteiger partial charge in [-0.25, -0.2) is 4.98 Å². The standard InChI is InChI=1S/C17H28N5O8P/c1-5-17(3,26)31(27,28)30-8(2)6-9-11(23)12(24)15(29-9)22-7-19-10-13(22)20-16(18)21(4)14(10)25/h7-9,11-12,15,23-24,26H,5-6H2,1-4H3,(H2,18,20)(H,27,28)/t8?,9-,11-,12-,15-,17?/m1/s1. The van der Waals surface area contributed by atoms with Crippen molar-refractivity contribution in [2.45, 2.75) is 69.6 Å². The summed E-state index contributed by atoms with van der Waals surface area (Å²) in [5, 5.41) is 29.1. The normalized spacial score (nSPS) is 29.0. The lowest BCUT2D eigenvalue weighted by atomic mass is 10.1. The monoisotopic (exact) mass is 461 g/mol. The summed E-state index contributed by atoms with van der Waals surface area (Å²) in [6.07, 6.45) is -4.55. The molecule has 174 valence electrons. The van der Waals surface area contributed by atoms with Gasteiger partial charge in [-0.05, 0) is 20.3 Å². The number of aromatic nitrogens is 4. The summed E-state index contributed by atoms with van der Waals surface area (Å²) in [7, 11) is -2.93. The number of rotatable bonds is 7. The van der Waals surface area contributed by atoms with Crippen LogP contribution < -0.4 is 11.3 Å². The summed E-state index contributed by atoms with van der Waals surface area (Å²) >= 11 is 0. The molecule has 2 aromatic rings. The molecule has 0 aliphatic carbocycles. The third-order valence-corrected chi connectivity index (χ3v) is 7.80. The number of anilines is 1. The van der Waals surface area contributed by atoms with Crippen LogP contribution in [-0.4, -0.2) is 69.1 Å². The van der Waals surface area contributed by atoms with E-state index in [4.69, 9.17) is 15.0 Å². The number of nitrogens with zero attached hydrogens (tertiary/aromatic N) is 4. The molecule has 0 saturated carbocycles. The van der Waals surface area contributed by atoms with E-state index in [0.29, 0.717) is 0 Å². The highest BCUT2D eigenvalue weighted by Gasteiger charge is 2.47. The predicted octanol–water partition coefficient (Wildman–Crippen LogP) is -0.569. The number of imidazole rings is 1. The second-order valence-corrected chi connectivity index (χ2v) is 10.2. The SMILES string of the molecule is CCC(C)(O)P(=O)(O)OC(C)C[C@H]1O[C@@H](n2cnc3c(=O)n(C)c(N)nc32)[C@H](O)[C@@H]1O. The summed E-state index contributed by atoms with van der Waals surface area (Å²) in [5.74, 6) is -0.0625. The second-order valence-electron chi connectivity index (χ2n) is 7.95. The molecule has 1 aliphatic heterocycles. The van der Waals surface area contributed by atoms with Gasteiger partial charge in [0.05, 0.1) is 18.5 Å². The van der Waals surface area contributed by atoms with Crippen molar-refractivity contribution in [3.63, 3.8) is 0 Å². The summed E-state index contributed by atoms with van der Waals surface area (Å²) < 4.78 is 25.7. The Bertz CT molecular complexity index is 1070. The number of hydrogen-bond donors (Lipinski definition) is 5. The Hall–Kier alpha value is -1.86. The fraction of sp³-hybridized carbons (Fsp3) is 0.706. The van der Waals surface area contributed by atoms with Crippen LogP contribution in [0.4, 0.5) is 5.95 Å². The van der Waals surface area contributed by atoms with Crippen molar-refractivity contribution in [1.29, 1.82) is 0 Å². The van der Waals surface area contributed by atoms with Crippen molar-refractivity contribution in [2.24, 2.45) is 7.05 Å². The van der Waals surface area contributed by atoms with Gasteiger partial charge in [-0.15, -0.1) is 0 Å². The average molecular weight is 461 g/mol. The number of aliphatic hydroxyl groups is 3. The molecule has 3 unspecified atom stereocenters. The van der Waals surface area contributed by atoms with E-state index in [-0.39, 0.29) is 30.0 Å². The Morgan fingerprint density at radius 1 is 1.42 bits per heavy atom. The first kappa shape index (κ1) is 23.8. The minimum absolute atomic E-state index is 0.000136. The third kappa shape index (κ3) is 4.14. The van der Waals surface area contributed by atoms with Crippen LogP contribution in [0, 0.1) is 0 Å². The number of hydrogen-bond acceptors (Lipinski definition) is 10. The molecule has 1 fully saturated rings. The van der Waals surface area contributed by atoms with Crippen molar-refractivity contribution in [3.8, 4) is 0 Å². The Balaban J connectivity index is 1.80. The topological polar surface area (TPSA) is 195 Å². The summed E-state index contributed by atoms with van der Waals surface area (Å²) in [6, 6.07) is 0. The molecule has 2 aromatic heterocycles. The molecule has 13 nitrogen and oxygen atoms in total. The van der Waals surface area contributed by atoms with Crippen molar-refractivity contribution >= 4 is 24.7 Å². The minimum Gasteiger partial charge on any atom is -0.388 e. The lowest BCUT2D eigenvalue weighted by Crippen LogP contribution is -2.34. The maximum atomic E-state index is 12.4. The van der Waals surface area contributed by atoms with Crippen LogP contribution in [-0.2, 0) is 20.9 Å². The fourth-order valence-corrected chi connectivity index (χ4v) is 4.53. The van der Waals surface area contributed by atoms with Gasteiger partial charge in [0.15, 0.2) is 22.7 Å². The number of aliphatic hydroxyl groups excluding tert-OH is 2. The zero-order valence-electron chi connectivity index (χ0n) is 17.6. The molecule has 6 N–H and O–H groups in total. The third-order valence-electron chi connectivity index (χ3n) is 5.62. The van der Waals surface area contributed by atoms with Crippen LogP contribution in [0.1, 0.15) is 39.8 Å². The van der Waals surface area contributed by atoms with Crippen molar-refractivity contribution < 1.29 is 34.0 Å². The number of ether oxygens (including phenoxy) is 1. The van der Waals surface area contributed by atoms with E-state index in [1.54, 1.807) is 6.92 Å². The minimum atomic E-state index is -4.38. The van der Waals surface area contributed by atoms with Gasteiger partial charge < -0.3 is 35.2 Å².